The van der Waals surface area contributed by atoms with Crippen molar-refractivity contribution >= 4 is 29.0 Å². The Balaban J connectivity index is 3.42. The molecule has 1 rings (SSSR count). The van der Waals surface area contributed by atoms with Gasteiger partial charge in [0.1, 0.15) is 11.9 Å². The summed E-state index contributed by atoms with van der Waals surface area (Å²) in [4.78, 5) is 21.5. The largest absolute Gasteiger partial charge is 0.370 e. The summed E-state index contributed by atoms with van der Waals surface area (Å²) in [5, 5.41) is 5.98. The van der Waals surface area contributed by atoms with E-state index >= 15 is 4.39 Å². The fourth-order valence-corrected chi connectivity index (χ4v) is 3.97. The second kappa shape index (κ2) is 19.0. The van der Waals surface area contributed by atoms with Crippen LogP contribution >= 0.6 is 11.6 Å². The lowest BCUT2D eigenvalue weighted by Crippen LogP contribution is -2.26. The van der Waals surface area contributed by atoms with Crippen molar-refractivity contribution in [2.24, 2.45) is 10.7 Å². The first-order chi connectivity index (χ1) is 19.6. The maximum Gasteiger partial charge on any atom is 0.251 e. The number of carbonyl (C=O) groups excluding carboxylic acids is 1. The summed E-state index contributed by atoms with van der Waals surface area (Å²) in [5.74, 6) is -0.342. The zero-order valence-corrected chi connectivity index (χ0v) is 26.1. The fraction of sp³-hybridized carbons (Fsp3) is 0.452. The highest BCUT2D eigenvalue weighted by Gasteiger charge is 2.20. The average Bonchev–Trinajstić information content (AvgIpc) is 2.97. The number of hydrogen-bond acceptors (Lipinski definition) is 6. The third-order valence-electron chi connectivity index (χ3n) is 6.10. The first-order valence-corrected chi connectivity index (χ1v) is 14.3. The molecule has 1 amide bonds. The van der Waals surface area contributed by atoms with Crippen LogP contribution < -0.4 is 21.9 Å². The normalized spacial score (nSPS) is 14.5. The summed E-state index contributed by atoms with van der Waals surface area (Å²) in [6, 6.07) is 0. The zero-order valence-electron chi connectivity index (χ0n) is 25.3. The zero-order chi connectivity index (χ0) is 30.9. The number of carbonyl (C=O) groups is 1. The minimum atomic E-state index is -0.867. The minimum Gasteiger partial charge on any atom is -0.370 e. The number of rotatable bonds is 17. The van der Waals surface area contributed by atoms with E-state index in [-0.39, 0.29) is 24.1 Å². The lowest BCUT2D eigenvalue weighted by molar-refractivity contribution is -0.117. The number of unbranched alkanes of at least 4 members (excludes halogenated alkanes) is 1. The van der Waals surface area contributed by atoms with Gasteiger partial charge in [0.05, 0.1) is 11.6 Å². The third-order valence-corrected chi connectivity index (χ3v) is 6.48. The van der Waals surface area contributed by atoms with E-state index < -0.39 is 11.9 Å². The molecule has 1 unspecified atom stereocenters. The van der Waals surface area contributed by atoms with Gasteiger partial charge in [-0.25, -0.2) is 9.37 Å². The Morgan fingerprint density at radius 3 is 2.59 bits per heavy atom. The molecule has 8 nitrogen and oxygen atoms in total. The summed E-state index contributed by atoms with van der Waals surface area (Å²) in [7, 11) is 1.62. The van der Waals surface area contributed by atoms with Crippen LogP contribution in [-0.4, -0.2) is 48.3 Å². The summed E-state index contributed by atoms with van der Waals surface area (Å²) < 4.78 is 22.4. The van der Waals surface area contributed by atoms with Crippen molar-refractivity contribution in [3.05, 3.63) is 82.5 Å². The molecule has 0 fully saturated rings. The van der Waals surface area contributed by atoms with Crippen LogP contribution in [0.15, 0.2) is 82.0 Å². The molecule has 0 aromatic carbocycles. The van der Waals surface area contributed by atoms with Gasteiger partial charge >= 0.3 is 0 Å². The molecule has 226 valence electrons. The van der Waals surface area contributed by atoms with E-state index in [0.29, 0.717) is 46.8 Å². The number of aromatic nitrogens is 2. The molecule has 1 atom stereocenters. The highest BCUT2D eigenvalue weighted by molar-refractivity contribution is 6.33. The van der Waals surface area contributed by atoms with Crippen LogP contribution in [0.25, 0.3) is 5.70 Å². The fourth-order valence-electron chi connectivity index (χ4n) is 3.63. The van der Waals surface area contributed by atoms with Gasteiger partial charge in [-0.15, -0.1) is 0 Å². The molecule has 0 bridgehead atoms. The molecular weight excluding hydrogens is 543 g/mol. The van der Waals surface area contributed by atoms with Crippen molar-refractivity contribution in [1.82, 2.24) is 14.9 Å². The van der Waals surface area contributed by atoms with E-state index in [4.69, 9.17) is 22.1 Å². The van der Waals surface area contributed by atoms with E-state index in [9.17, 15) is 4.79 Å². The first-order valence-electron chi connectivity index (χ1n) is 14.0. The number of hydrogen-bond donors (Lipinski definition) is 3. The number of nitrogens with one attached hydrogen (secondary N) is 2. The maximum atomic E-state index is 15.2. The van der Waals surface area contributed by atoms with E-state index in [1.807, 2.05) is 33.8 Å². The number of ether oxygens (including phenoxy) is 1. The lowest BCUT2D eigenvalue weighted by atomic mass is 10.1. The van der Waals surface area contributed by atoms with Crippen molar-refractivity contribution < 1.29 is 13.9 Å². The summed E-state index contributed by atoms with van der Waals surface area (Å²) in [6.45, 7) is 18.9. The monoisotopic (exact) mass is 588 g/mol. The second-order valence-corrected chi connectivity index (χ2v) is 9.67. The van der Waals surface area contributed by atoms with Crippen molar-refractivity contribution in [2.75, 3.05) is 32.1 Å². The molecule has 1 aromatic heterocycles. The molecule has 0 aliphatic heterocycles. The predicted octanol–water partition coefficient (Wildman–Crippen LogP) is 6.13. The molecule has 0 spiro atoms. The van der Waals surface area contributed by atoms with Crippen molar-refractivity contribution in [3.8, 4) is 0 Å². The Morgan fingerprint density at radius 2 is 2.00 bits per heavy atom. The van der Waals surface area contributed by atoms with Crippen LogP contribution in [0.1, 0.15) is 60.3 Å². The molecule has 1 aromatic rings. The number of amides is 1. The standard InChI is InChI=1S/C31H46ClFN6O2/c1-9-12-13-26(27(32)28(33)24(7)41-20-16-34)23(6)39-19-18-36-29(30(39)35-8)38-22(5)14-15-25(21(4)11-3)31(40)37-17-10-2/h13-15,18-19,24H,5-6,9-12,16-17,20,34H2,1-4,7-8H3,(H,36,38)(H,37,40)/b15-14-,25-21-,26-13+,28-27-,35-30?. The maximum absolute atomic E-state index is 15.2. The van der Waals surface area contributed by atoms with Gasteiger partial charge in [-0.2, -0.15) is 0 Å². The van der Waals surface area contributed by atoms with E-state index in [1.165, 1.54) is 0 Å². The van der Waals surface area contributed by atoms with Crippen LogP contribution in [-0.2, 0) is 9.53 Å². The molecule has 0 saturated heterocycles. The van der Waals surface area contributed by atoms with E-state index in [1.54, 1.807) is 43.1 Å². The van der Waals surface area contributed by atoms with Gasteiger partial charge in [0.25, 0.3) is 5.91 Å². The summed E-state index contributed by atoms with van der Waals surface area (Å²) >= 11 is 6.57. The third kappa shape index (κ3) is 10.9. The van der Waals surface area contributed by atoms with Crippen molar-refractivity contribution in [2.45, 2.75) is 66.4 Å². The Morgan fingerprint density at radius 1 is 1.29 bits per heavy atom. The molecule has 0 aliphatic carbocycles. The summed E-state index contributed by atoms with van der Waals surface area (Å²) in [6.07, 6.45) is 10.8. The molecule has 4 N–H and O–H groups in total. The first kappa shape index (κ1) is 35.8. The lowest BCUT2D eigenvalue weighted by Gasteiger charge is -2.18. The molecule has 0 saturated carbocycles. The Labute approximate surface area is 249 Å². The van der Waals surface area contributed by atoms with Gasteiger partial charge in [-0.3, -0.25) is 14.4 Å². The number of nitrogens with two attached hydrogens (primary N) is 1. The van der Waals surface area contributed by atoms with Crippen molar-refractivity contribution in [1.29, 1.82) is 0 Å². The molecule has 0 aliphatic rings. The number of allylic oxidation sites excluding steroid dienone is 6. The Hall–Kier alpha value is -3.27. The average molecular weight is 589 g/mol. The van der Waals surface area contributed by atoms with E-state index in [0.717, 1.165) is 24.8 Å². The van der Waals surface area contributed by atoms with Gasteiger partial charge in [0, 0.05) is 55.1 Å². The molecule has 41 heavy (non-hydrogen) atoms. The van der Waals surface area contributed by atoms with Crippen LogP contribution in [0.3, 0.4) is 0 Å². The van der Waals surface area contributed by atoms with Crippen LogP contribution in [0, 0.1) is 0 Å². The molecule has 1 heterocycles. The summed E-state index contributed by atoms with van der Waals surface area (Å²) in [5.41, 5.74) is 8.79. The number of nitrogens with zero attached hydrogens (tertiary/aromatic N) is 3. The quantitative estimate of drug-likeness (QED) is 0.150. The highest BCUT2D eigenvalue weighted by atomic mass is 35.5. The van der Waals surface area contributed by atoms with E-state index in [2.05, 4.69) is 33.8 Å². The number of anilines is 1. The van der Waals surface area contributed by atoms with Crippen LogP contribution in [0.5, 0.6) is 0 Å². The number of halogens is 2. The van der Waals surface area contributed by atoms with Gasteiger partial charge in [-0.05, 0) is 45.3 Å². The predicted molar refractivity (Wildman–Crippen MR) is 169 cm³/mol. The van der Waals surface area contributed by atoms with Gasteiger partial charge in [-0.1, -0.05) is 63.6 Å². The SMILES string of the molecule is C=C(/C=C\C(C(=O)NCCC)=C(/C)CC)Nc1nccn(C(=C)C(=C\CCC)/C(Cl)=C(/F)C(C)OCCN)c1=NC. The molecule has 10 heteroatoms. The topological polar surface area (TPSA) is 107 Å². The van der Waals surface area contributed by atoms with Crippen LogP contribution in [0.4, 0.5) is 10.2 Å². The molecule has 0 radical (unpaired) electrons. The molecular formula is C31H46ClFN6O2. The second-order valence-electron chi connectivity index (χ2n) is 9.30. The smallest absolute Gasteiger partial charge is 0.251 e. The highest BCUT2D eigenvalue weighted by Crippen LogP contribution is 2.31. The van der Waals surface area contributed by atoms with Gasteiger partial charge < -0.3 is 21.1 Å². The Bertz CT molecular complexity index is 1260. The van der Waals surface area contributed by atoms with Crippen molar-refractivity contribution in [3.63, 3.8) is 0 Å². The van der Waals surface area contributed by atoms with Crippen LogP contribution in [0.2, 0.25) is 0 Å². The minimum absolute atomic E-state index is 0.0897. The van der Waals surface area contributed by atoms with Gasteiger partial charge in [0.2, 0.25) is 0 Å². The van der Waals surface area contributed by atoms with Gasteiger partial charge in [0.15, 0.2) is 11.3 Å². The Kier molecular flexibility index (Phi) is 16.5.